The summed E-state index contributed by atoms with van der Waals surface area (Å²) >= 11 is 6.12. The highest BCUT2D eigenvalue weighted by Crippen LogP contribution is 2.24. The van der Waals surface area contributed by atoms with Gasteiger partial charge >= 0.3 is 0 Å². The van der Waals surface area contributed by atoms with E-state index in [0.29, 0.717) is 24.4 Å². The lowest BCUT2D eigenvalue weighted by atomic mass is 10.1. The topological polar surface area (TPSA) is 113 Å². The molecule has 0 spiro atoms. The van der Waals surface area contributed by atoms with Crippen molar-refractivity contribution >= 4 is 21.6 Å². The first-order valence-electron chi connectivity index (χ1n) is 11.2. The molecule has 0 radical (unpaired) electrons. The lowest BCUT2D eigenvalue weighted by Crippen LogP contribution is -2.60. The number of morpholine rings is 2. The van der Waals surface area contributed by atoms with E-state index in [2.05, 4.69) is 25.7 Å². The van der Waals surface area contributed by atoms with Gasteiger partial charge in [0.1, 0.15) is 22.4 Å². The van der Waals surface area contributed by atoms with Crippen LogP contribution in [0.4, 0.5) is 0 Å². The molecule has 1 N–H and O–H groups in total. The van der Waals surface area contributed by atoms with E-state index < -0.39 is 10.0 Å². The highest BCUT2D eigenvalue weighted by Gasteiger charge is 2.35. The molecule has 2 atom stereocenters. The van der Waals surface area contributed by atoms with E-state index in [-0.39, 0.29) is 28.8 Å². The van der Waals surface area contributed by atoms with Crippen LogP contribution in [-0.2, 0) is 21.8 Å². The number of rotatable bonds is 9. The average molecular weight is 509 g/mol. The number of aromatic nitrogens is 2. The SMILES string of the molecule is Cc1nn(C)c(Cl)c1S(=O)(=O)NCCN1CC2CN(CCOc3ccc(C#N)cc3)CC(C1)O2. The highest BCUT2D eigenvalue weighted by atomic mass is 35.5. The molecule has 2 fully saturated rings. The van der Waals surface area contributed by atoms with Gasteiger partial charge in [-0.25, -0.2) is 13.1 Å². The van der Waals surface area contributed by atoms with Crippen molar-refractivity contribution in [1.29, 1.82) is 5.26 Å². The molecule has 2 aromatic rings. The minimum atomic E-state index is -3.73. The summed E-state index contributed by atoms with van der Waals surface area (Å²) in [5.41, 5.74) is 0.992. The number of ether oxygens (including phenoxy) is 2. The van der Waals surface area contributed by atoms with Crippen LogP contribution < -0.4 is 9.46 Å². The Morgan fingerprint density at radius 1 is 1.18 bits per heavy atom. The lowest BCUT2D eigenvalue weighted by molar-refractivity contribution is -0.138. The summed E-state index contributed by atoms with van der Waals surface area (Å²) in [5.74, 6) is 0.754. The van der Waals surface area contributed by atoms with Gasteiger partial charge in [0.15, 0.2) is 0 Å². The van der Waals surface area contributed by atoms with Crippen molar-refractivity contribution in [3.8, 4) is 11.8 Å². The number of nitrogens with zero attached hydrogens (tertiary/aromatic N) is 5. The second-order valence-electron chi connectivity index (χ2n) is 8.61. The largest absolute Gasteiger partial charge is 0.492 e. The number of aryl methyl sites for hydroxylation is 2. The van der Waals surface area contributed by atoms with Gasteiger partial charge < -0.3 is 9.47 Å². The first kappa shape index (κ1) is 24.9. The van der Waals surface area contributed by atoms with Gasteiger partial charge in [0.2, 0.25) is 10.0 Å². The van der Waals surface area contributed by atoms with Crippen molar-refractivity contribution in [3.05, 3.63) is 40.7 Å². The van der Waals surface area contributed by atoms with Crippen molar-refractivity contribution in [3.63, 3.8) is 0 Å². The number of sulfonamides is 1. The zero-order valence-electron chi connectivity index (χ0n) is 19.3. The second kappa shape index (κ2) is 10.6. The summed E-state index contributed by atoms with van der Waals surface area (Å²) in [6.07, 6.45) is 0.156. The van der Waals surface area contributed by atoms with Gasteiger partial charge in [0.25, 0.3) is 0 Å². The molecule has 2 aliphatic rings. The maximum Gasteiger partial charge on any atom is 0.245 e. The standard InChI is InChI=1S/C22H29ClN6O4S/c1-16-21(22(23)27(2)26-16)34(30,31)25-7-8-28-12-19-14-29(15-20(13-28)33-19)9-10-32-18-5-3-17(11-24)4-6-18/h3-6,19-20,25H,7-10,12-15H2,1-2H3. The van der Waals surface area contributed by atoms with Crippen LogP contribution in [-0.4, -0.2) is 92.6 Å². The molecule has 2 saturated heterocycles. The molecule has 3 heterocycles. The van der Waals surface area contributed by atoms with Crippen LogP contribution in [0.1, 0.15) is 11.3 Å². The number of benzene rings is 1. The molecule has 184 valence electrons. The Labute approximate surface area is 205 Å². The van der Waals surface area contributed by atoms with Gasteiger partial charge in [-0.1, -0.05) is 11.6 Å². The number of halogens is 1. The van der Waals surface area contributed by atoms with E-state index in [0.717, 1.165) is 38.5 Å². The predicted molar refractivity (Wildman–Crippen MR) is 126 cm³/mol. The molecule has 2 unspecified atom stereocenters. The molecule has 4 rings (SSSR count). The first-order valence-corrected chi connectivity index (χ1v) is 13.0. The summed E-state index contributed by atoms with van der Waals surface area (Å²) < 4.78 is 41.3. The molecular formula is C22H29ClN6O4S. The Morgan fingerprint density at radius 2 is 1.79 bits per heavy atom. The monoisotopic (exact) mass is 508 g/mol. The number of hydrogen-bond acceptors (Lipinski definition) is 8. The smallest absolute Gasteiger partial charge is 0.245 e. The fourth-order valence-corrected chi connectivity index (χ4v) is 6.24. The van der Waals surface area contributed by atoms with E-state index in [1.807, 2.05) is 12.1 Å². The zero-order valence-corrected chi connectivity index (χ0v) is 20.8. The Balaban J connectivity index is 1.21. The normalized spacial score (nSPS) is 21.4. The van der Waals surface area contributed by atoms with Crippen LogP contribution in [0.25, 0.3) is 0 Å². The highest BCUT2D eigenvalue weighted by molar-refractivity contribution is 7.89. The van der Waals surface area contributed by atoms with Crippen LogP contribution in [0.3, 0.4) is 0 Å². The van der Waals surface area contributed by atoms with Crippen LogP contribution in [0.5, 0.6) is 5.75 Å². The fraction of sp³-hybridized carbons (Fsp3) is 0.545. The Kier molecular flexibility index (Phi) is 7.77. The van der Waals surface area contributed by atoms with Gasteiger partial charge in [-0.05, 0) is 31.2 Å². The molecule has 0 aliphatic carbocycles. The number of nitriles is 1. The quantitative estimate of drug-likeness (QED) is 0.533. The van der Waals surface area contributed by atoms with E-state index >= 15 is 0 Å². The first-order chi connectivity index (χ1) is 16.2. The zero-order chi connectivity index (χ0) is 24.3. The van der Waals surface area contributed by atoms with Crippen molar-refractivity contribution in [2.24, 2.45) is 7.05 Å². The summed E-state index contributed by atoms with van der Waals surface area (Å²) in [7, 11) is -2.11. The van der Waals surface area contributed by atoms with E-state index in [9.17, 15) is 8.42 Å². The third-order valence-corrected chi connectivity index (χ3v) is 8.14. The molecule has 12 heteroatoms. The molecule has 10 nitrogen and oxygen atoms in total. The number of hydrogen-bond donors (Lipinski definition) is 1. The van der Waals surface area contributed by atoms with Crippen molar-refractivity contribution < 1.29 is 17.9 Å². The van der Waals surface area contributed by atoms with Gasteiger partial charge in [-0.15, -0.1) is 0 Å². The third-order valence-electron chi connectivity index (χ3n) is 5.98. The average Bonchev–Trinajstić information content (AvgIpc) is 3.05. The fourth-order valence-electron chi connectivity index (χ4n) is 4.47. The number of fused-ring (bicyclic) bond motifs is 2. The summed E-state index contributed by atoms with van der Waals surface area (Å²) in [5, 5.41) is 13.1. The van der Waals surface area contributed by atoms with Gasteiger partial charge in [-0.2, -0.15) is 10.4 Å². The molecule has 0 saturated carbocycles. The minimum Gasteiger partial charge on any atom is -0.492 e. The molecule has 0 amide bonds. The van der Waals surface area contributed by atoms with Crippen molar-refractivity contribution in [2.45, 2.75) is 24.0 Å². The summed E-state index contributed by atoms with van der Waals surface area (Å²) in [6, 6.07) is 9.20. The minimum absolute atomic E-state index is 0.0365. The Morgan fingerprint density at radius 3 is 2.35 bits per heavy atom. The molecule has 1 aromatic carbocycles. The second-order valence-corrected chi connectivity index (χ2v) is 10.7. The van der Waals surface area contributed by atoms with Crippen LogP contribution >= 0.6 is 11.6 Å². The maximum absolute atomic E-state index is 12.7. The molecular weight excluding hydrogens is 480 g/mol. The van der Waals surface area contributed by atoms with Gasteiger partial charge in [0, 0.05) is 52.9 Å². The summed E-state index contributed by atoms with van der Waals surface area (Å²) in [4.78, 5) is 4.62. The third kappa shape index (κ3) is 5.89. The van der Waals surface area contributed by atoms with Crippen LogP contribution in [0.15, 0.2) is 29.2 Å². The van der Waals surface area contributed by atoms with Gasteiger partial charge in [-0.3, -0.25) is 14.5 Å². The number of nitrogens with one attached hydrogen (secondary N) is 1. The van der Waals surface area contributed by atoms with Crippen molar-refractivity contribution in [1.82, 2.24) is 24.3 Å². The summed E-state index contributed by atoms with van der Waals surface area (Å²) in [6.45, 7) is 6.97. The van der Waals surface area contributed by atoms with E-state index in [1.165, 1.54) is 4.68 Å². The molecule has 1 aromatic heterocycles. The van der Waals surface area contributed by atoms with E-state index in [1.54, 1.807) is 26.1 Å². The maximum atomic E-state index is 12.7. The Hall–Kier alpha value is -2.20. The molecule has 2 aliphatic heterocycles. The van der Waals surface area contributed by atoms with Crippen molar-refractivity contribution in [2.75, 3.05) is 52.4 Å². The van der Waals surface area contributed by atoms with E-state index in [4.69, 9.17) is 26.3 Å². The molecule has 34 heavy (non-hydrogen) atoms. The van der Waals surface area contributed by atoms with Crippen LogP contribution in [0, 0.1) is 18.3 Å². The Bertz CT molecular complexity index is 1130. The predicted octanol–water partition coefficient (Wildman–Crippen LogP) is 0.996. The molecule has 2 bridgehead atoms. The van der Waals surface area contributed by atoms with Crippen LogP contribution in [0.2, 0.25) is 5.15 Å². The lowest BCUT2D eigenvalue weighted by Gasteiger charge is -2.45. The van der Waals surface area contributed by atoms with Gasteiger partial charge in [0.05, 0.1) is 29.5 Å².